The maximum absolute atomic E-state index is 13.4. The first kappa shape index (κ1) is 30.0. The van der Waals surface area contributed by atoms with Gasteiger partial charge in [0.05, 0.1) is 36.0 Å². The fraction of sp³-hybridized carbons (Fsp3) is 0.0938. The monoisotopic (exact) mass is 635 g/mol. The van der Waals surface area contributed by atoms with Crippen molar-refractivity contribution in [1.29, 1.82) is 0 Å². The Morgan fingerprint density at radius 2 is 1.70 bits per heavy atom. The molecule has 218 valence electrons. The zero-order valence-corrected chi connectivity index (χ0v) is 25.2. The van der Waals surface area contributed by atoms with Crippen molar-refractivity contribution < 1.29 is 23.8 Å². The second-order valence-corrected chi connectivity index (χ2v) is 10.4. The first-order valence-corrected chi connectivity index (χ1v) is 14.1. The summed E-state index contributed by atoms with van der Waals surface area (Å²) in [6.07, 6.45) is 1.44. The Labute approximate surface area is 262 Å². The van der Waals surface area contributed by atoms with E-state index in [4.69, 9.17) is 49.0 Å². The molecule has 5 rings (SSSR count). The largest absolute Gasteiger partial charge is 0.497 e. The maximum Gasteiger partial charge on any atom is 0.343 e. The number of hydrogen-bond donors (Lipinski definition) is 2. The SMILES string of the molecule is CCOc1cc(C=NNC(=O)c2[nH]c3c(Cl)cc(Cl)cc3c2-c2ccccc2Cl)ccc1OC(=O)c1ccc(OC)cc1. The molecule has 1 amide bonds. The van der Waals surface area contributed by atoms with Crippen molar-refractivity contribution in [2.24, 2.45) is 5.10 Å². The molecule has 11 heteroatoms. The number of amides is 1. The van der Waals surface area contributed by atoms with Gasteiger partial charge in [0.15, 0.2) is 11.5 Å². The van der Waals surface area contributed by atoms with E-state index in [-0.39, 0.29) is 11.4 Å². The number of aromatic nitrogens is 1. The average molecular weight is 637 g/mol. The molecule has 8 nitrogen and oxygen atoms in total. The van der Waals surface area contributed by atoms with Gasteiger partial charge in [0, 0.05) is 26.6 Å². The highest BCUT2D eigenvalue weighted by Gasteiger charge is 2.22. The van der Waals surface area contributed by atoms with E-state index in [1.807, 2.05) is 13.0 Å². The van der Waals surface area contributed by atoms with E-state index in [9.17, 15) is 9.59 Å². The molecular formula is C32H24Cl3N3O5. The number of halogens is 3. The van der Waals surface area contributed by atoms with Gasteiger partial charge in [-0.2, -0.15) is 5.10 Å². The van der Waals surface area contributed by atoms with E-state index < -0.39 is 11.9 Å². The van der Waals surface area contributed by atoms with Gasteiger partial charge < -0.3 is 19.2 Å². The summed E-state index contributed by atoms with van der Waals surface area (Å²) in [4.78, 5) is 29.1. The number of benzene rings is 4. The molecule has 0 aliphatic carbocycles. The number of ether oxygens (including phenoxy) is 3. The molecule has 0 aliphatic rings. The summed E-state index contributed by atoms with van der Waals surface area (Å²) in [5, 5.41) is 5.99. The van der Waals surface area contributed by atoms with Crippen LogP contribution in [-0.2, 0) is 0 Å². The number of carbonyl (C=O) groups is 2. The Morgan fingerprint density at radius 1 is 0.930 bits per heavy atom. The summed E-state index contributed by atoms with van der Waals surface area (Å²) in [5.74, 6) is 0.126. The zero-order valence-electron chi connectivity index (χ0n) is 22.9. The number of hydrazone groups is 1. The van der Waals surface area contributed by atoms with Gasteiger partial charge in [-0.3, -0.25) is 4.79 Å². The summed E-state index contributed by atoms with van der Waals surface area (Å²) in [7, 11) is 1.55. The fourth-order valence-corrected chi connectivity index (χ4v) is 5.17. The van der Waals surface area contributed by atoms with Crippen LogP contribution in [0, 0.1) is 0 Å². The van der Waals surface area contributed by atoms with Gasteiger partial charge in [0.1, 0.15) is 11.4 Å². The summed E-state index contributed by atoms with van der Waals surface area (Å²) in [5.41, 5.74) is 5.41. The number of aromatic amines is 1. The molecule has 0 bridgehead atoms. The van der Waals surface area contributed by atoms with Gasteiger partial charge in [-0.15, -0.1) is 0 Å². The lowest BCUT2D eigenvalue weighted by Crippen LogP contribution is -2.19. The Bertz CT molecular complexity index is 1850. The van der Waals surface area contributed by atoms with Gasteiger partial charge >= 0.3 is 5.97 Å². The molecule has 0 saturated carbocycles. The molecule has 2 N–H and O–H groups in total. The van der Waals surface area contributed by atoms with Crippen LogP contribution in [0.25, 0.3) is 22.0 Å². The summed E-state index contributed by atoms with van der Waals surface area (Å²) >= 11 is 19.2. The number of esters is 1. The van der Waals surface area contributed by atoms with E-state index in [1.54, 1.807) is 79.9 Å². The van der Waals surface area contributed by atoms with Crippen LogP contribution >= 0.6 is 34.8 Å². The van der Waals surface area contributed by atoms with Crippen LogP contribution < -0.4 is 19.6 Å². The van der Waals surface area contributed by atoms with Crippen LogP contribution in [0.4, 0.5) is 0 Å². The first-order valence-electron chi connectivity index (χ1n) is 13.0. The van der Waals surface area contributed by atoms with Crippen molar-refractivity contribution in [2.75, 3.05) is 13.7 Å². The molecule has 1 aromatic heterocycles. The molecule has 1 heterocycles. The topological polar surface area (TPSA) is 102 Å². The van der Waals surface area contributed by atoms with Gasteiger partial charge in [0.25, 0.3) is 5.91 Å². The smallest absolute Gasteiger partial charge is 0.343 e. The Morgan fingerprint density at radius 3 is 2.42 bits per heavy atom. The third-order valence-electron chi connectivity index (χ3n) is 6.37. The molecule has 4 aromatic carbocycles. The molecule has 43 heavy (non-hydrogen) atoms. The lowest BCUT2D eigenvalue weighted by atomic mass is 10.0. The number of nitrogens with one attached hydrogen (secondary N) is 2. The van der Waals surface area contributed by atoms with Crippen molar-refractivity contribution in [1.82, 2.24) is 10.4 Å². The van der Waals surface area contributed by atoms with Crippen LogP contribution in [0.15, 0.2) is 84.0 Å². The number of carbonyl (C=O) groups excluding carboxylic acids is 2. The average Bonchev–Trinajstić information content (AvgIpc) is 3.38. The van der Waals surface area contributed by atoms with Crippen LogP contribution in [0.5, 0.6) is 17.2 Å². The van der Waals surface area contributed by atoms with Crippen molar-refractivity contribution >= 4 is 63.8 Å². The van der Waals surface area contributed by atoms with Gasteiger partial charge in [-0.25, -0.2) is 10.2 Å². The van der Waals surface area contributed by atoms with Gasteiger partial charge in [-0.1, -0.05) is 53.0 Å². The highest BCUT2D eigenvalue weighted by Crippen LogP contribution is 2.40. The molecule has 5 aromatic rings. The summed E-state index contributed by atoms with van der Waals surface area (Å²) in [6, 6.07) is 21.9. The molecule has 0 spiro atoms. The predicted molar refractivity (Wildman–Crippen MR) is 169 cm³/mol. The van der Waals surface area contributed by atoms with Gasteiger partial charge in [-0.05, 0) is 73.2 Å². The van der Waals surface area contributed by atoms with Crippen LogP contribution in [0.1, 0.15) is 33.3 Å². The van der Waals surface area contributed by atoms with Crippen LogP contribution in [-0.4, -0.2) is 36.8 Å². The van der Waals surface area contributed by atoms with E-state index in [2.05, 4.69) is 15.5 Å². The fourth-order valence-electron chi connectivity index (χ4n) is 4.40. The quantitative estimate of drug-likeness (QED) is 0.0735. The minimum absolute atomic E-state index is 0.209. The lowest BCUT2D eigenvalue weighted by Gasteiger charge is -2.11. The molecule has 0 saturated heterocycles. The maximum atomic E-state index is 13.4. The first-order chi connectivity index (χ1) is 20.8. The van der Waals surface area contributed by atoms with E-state index in [0.29, 0.717) is 66.3 Å². The molecule has 0 fully saturated rings. The van der Waals surface area contributed by atoms with Crippen molar-refractivity contribution in [3.63, 3.8) is 0 Å². The number of H-pyrrole nitrogens is 1. The molecule has 0 radical (unpaired) electrons. The van der Waals surface area contributed by atoms with E-state index >= 15 is 0 Å². The van der Waals surface area contributed by atoms with Crippen LogP contribution in [0.2, 0.25) is 15.1 Å². The number of methoxy groups -OCH3 is 1. The minimum Gasteiger partial charge on any atom is -0.497 e. The normalized spacial score (nSPS) is 11.1. The van der Waals surface area contributed by atoms with E-state index in [1.165, 1.54) is 6.21 Å². The van der Waals surface area contributed by atoms with Crippen molar-refractivity contribution in [2.45, 2.75) is 6.92 Å². The second kappa shape index (κ2) is 13.2. The highest BCUT2D eigenvalue weighted by atomic mass is 35.5. The van der Waals surface area contributed by atoms with Crippen LogP contribution in [0.3, 0.4) is 0 Å². The molecular weight excluding hydrogens is 613 g/mol. The third-order valence-corrected chi connectivity index (χ3v) is 7.22. The molecule has 0 aliphatic heterocycles. The number of rotatable bonds is 9. The Hall–Kier alpha value is -4.50. The highest BCUT2D eigenvalue weighted by molar-refractivity contribution is 6.39. The predicted octanol–water partition coefficient (Wildman–Crippen LogP) is 8.19. The lowest BCUT2D eigenvalue weighted by molar-refractivity contribution is 0.0728. The standard InChI is InChI=1S/C32H24Cl3N3O5/c1-3-42-27-14-18(8-13-26(27)43-32(40)19-9-11-21(41-2)12-10-19)17-36-38-31(39)30-28(22-6-4-5-7-24(22)34)23-15-20(33)16-25(35)29(23)37-30/h4-17,37H,3H2,1-2H3,(H,38,39). The van der Waals surface area contributed by atoms with E-state index in [0.717, 1.165) is 0 Å². The number of nitrogens with zero attached hydrogens (tertiary/aromatic N) is 1. The molecule has 0 unspecified atom stereocenters. The molecule has 0 atom stereocenters. The Balaban J connectivity index is 1.38. The second-order valence-electron chi connectivity index (χ2n) is 9.12. The number of hydrogen-bond acceptors (Lipinski definition) is 6. The third kappa shape index (κ3) is 6.62. The summed E-state index contributed by atoms with van der Waals surface area (Å²) < 4.78 is 16.4. The van der Waals surface area contributed by atoms with Gasteiger partial charge in [0.2, 0.25) is 0 Å². The zero-order chi connectivity index (χ0) is 30.5. The summed E-state index contributed by atoms with van der Waals surface area (Å²) in [6.45, 7) is 2.15. The number of fused-ring (bicyclic) bond motifs is 1. The van der Waals surface area contributed by atoms with Crippen molar-refractivity contribution in [3.05, 3.63) is 111 Å². The Kier molecular flexibility index (Phi) is 9.21. The van der Waals surface area contributed by atoms with Crippen molar-refractivity contribution in [3.8, 4) is 28.4 Å². The minimum atomic E-state index is -0.550.